The van der Waals surface area contributed by atoms with Crippen molar-refractivity contribution in [2.75, 3.05) is 13.1 Å². The highest BCUT2D eigenvalue weighted by Crippen LogP contribution is 2.15. The van der Waals surface area contributed by atoms with Gasteiger partial charge in [0.05, 0.1) is 12.5 Å². The van der Waals surface area contributed by atoms with Gasteiger partial charge in [0, 0.05) is 13.1 Å². The summed E-state index contributed by atoms with van der Waals surface area (Å²) in [7, 11) is 0. The Balaban J connectivity index is 1.62. The molecule has 22 heavy (non-hydrogen) atoms. The molecule has 0 spiro atoms. The van der Waals surface area contributed by atoms with E-state index in [1.54, 1.807) is 0 Å². The fourth-order valence-corrected chi connectivity index (χ4v) is 2.32. The van der Waals surface area contributed by atoms with Gasteiger partial charge >= 0.3 is 6.09 Å². The zero-order chi connectivity index (χ0) is 15.4. The van der Waals surface area contributed by atoms with Crippen LogP contribution < -0.4 is 0 Å². The topological polar surface area (TPSA) is 78.5 Å². The van der Waals surface area contributed by atoms with E-state index in [0.29, 0.717) is 18.8 Å². The first-order valence-corrected chi connectivity index (χ1v) is 7.04. The lowest BCUT2D eigenvalue weighted by atomic mass is 10.2. The zero-order valence-corrected chi connectivity index (χ0v) is 11.9. The van der Waals surface area contributed by atoms with Crippen molar-refractivity contribution in [2.24, 2.45) is 0 Å². The molecule has 7 heteroatoms. The van der Waals surface area contributed by atoms with Crippen molar-refractivity contribution in [3.05, 3.63) is 54.1 Å². The van der Waals surface area contributed by atoms with Crippen molar-refractivity contribution in [3.63, 3.8) is 0 Å². The molecule has 1 N–H and O–H groups in total. The molecule has 0 bridgehead atoms. The molecule has 2 aromatic rings. The lowest BCUT2D eigenvalue weighted by molar-refractivity contribution is 0.0107. The third kappa shape index (κ3) is 2.93. The summed E-state index contributed by atoms with van der Waals surface area (Å²) in [5, 5.41) is 2.73. The third-order valence-electron chi connectivity index (χ3n) is 3.41. The summed E-state index contributed by atoms with van der Waals surface area (Å²) < 4.78 is 5.28. The van der Waals surface area contributed by atoms with Crippen molar-refractivity contribution < 1.29 is 14.3 Å². The molecule has 0 unspecified atom stereocenters. The van der Waals surface area contributed by atoms with Crippen LogP contribution in [0.15, 0.2) is 42.9 Å². The van der Waals surface area contributed by atoms with Crippen LogP contribution in [-0.2, 0) is 11.3 Å². The van der Waals surface area contributed by atoms with Gasteiger partial charge in [-0.15, -0.1) is 0 Å². The van der Waals surface area contributed by atoms with Crippen molar-refractivity contribution >= 4 is 12.0 Å². The van der Waals surface area contributed by atoms with Gasteiger partial charge in [-0.05, 0) is 12.0 Å². The lowest BCUT2D eigenvalue weighted by Crippen LogP contribution is -2.45. The summed E-state index contributed by atoms with van der Waals surface area (Å²) in [6.07, 6.45) is 3.07. The van der Waals surface area contributed by atoms with Crippen LogP contribution in [0.25, 0.3) is 0 Å². The number of rotatable bonds is 3. The number of benzene rings is 1. The number of hydrogen-bond donors (Lipinski definition) is 1. The first kappa shape index (κ1) is 14.1. The molecule has 1 aliphatic heterocycles. The first-order chi connectivity index (χ1) is 10.8. The first-order valence-electron chi connectivity index (χ1n) is 7.04. The average molecular weight is 300 g/mol. The van der Waals surface area contributed by atoms with Crippen molar-refractivity contribution in [3.8, 4) is 0 Å². The maximum absolute atomic E-state index is 12.3. The van der Waals surface area contributed by atoms with Gasteiger partial charge in [-0.25, -0.2) is 19.8 Å². The number of aromatic nitrogens is 2. The van der Waals surface area contributed by atoms with Gasteiger partial charge in [0.25, 0.3) is 5.91 Å². The molecule has 1 saturated heterocycles. The van der Waals surface area contributed by atoms with Crippen LogP contribution in [0.5, 0.6) is 0 Å². The predicted molar refractivity (Wildman–Crippen MR) is 77.6 cm³/mol. The predicted octanol–water partition coefficient (Wildman–Crippen LogP) is 1.81. The number of carbonyl (C=O) groups is 2. The Morgan fingerprint density at radius 3 is 2.68 bits per heavy atom. The van der Waals surface area contributed by atoms with Crippen LogP contribution in [0, 0.1) is 0 Å². The Bertz CT molecular complexity index is 642. The number of imidazole rings is 1. The monoisotopic (exact) mass is 300 g/mol. The molecule has 0 aliphatic carbocycles. The second-order valence-electron chi connectivity index (χ2n) is 4.91. The van der Waals surface area contributed by atoms with E-state index >= 15 is 0 Å². The average Bonchev–Trinajstić information content (AvgIpc) is 3.24. The van der Waals surface area contributed by atoms with Crippen molar-refractivity contribution in [1.82, 2.24) is 20.0 Å². The number of hydrogen-bond acceptors (Lipinski definition) is 4. The Morgan fingerprint density at radius 2 is 1.95 bits per heavy atom. The van der Waals surface area contributed by atoms with Crippen LogP contribution in [0.2, 0.25) is 0 Å². The van der Waals surface area contributed by atoms with Crippen molar-refractivity contribution in [1.29, 1.82) is 0 Å². The molecule has 0 saturated carbocycles. The normalized spacial score (nSPS) is 14.2. The number of nitrogens with one attached hydrogen (secondary N) is 1. The Hall–Kier alpha value is -2.83. The number of amides is 2. The molecule has 3 rings (SSSR count). The standard InChI is InChI=1S/C15H16N4O3/c20-14(13-9-16-11-17-13)18-7-4-8-19(18)15(21)22-10-12-5-2-1-3-6-12/h1-3,5-6,9,11H,4,7-8,10H2,(H,16,17). The second-order valence-corrected chi connectivity index (χ2v) is 4.91. The quantitative estimate of drug-likeness (QED) is 0.937. The number of ether oxygens (including phenoxy) is 1. The second kappa shape index (κ2) is 6.30. The summed E-state index contributed by atoms with van der Waals surface area (Å²) in [5.74, 6) is -0.285. The lowest BCUT2D eigenvalue weighted by Gasteiger charge is -2.26. The maximum Gasteiger partial charge on any atom is 0.429 e. The molecule has 1 aliphatic rings. The molecule has 1 aromatic carbocycles. The van der Waals surface area contributed by atoms with Gasteiger partial charge in [-0.1, -0.05) is 30.3 Å². The maximum atomic E-state index is 12.3. The number of carbonyl (C=O) groups excluding carboxylic acids is 2. The van der Waals surface area contributed by atoms with E-state index in [0.717, 1.165) is 12.0 Å². The van der Waals surface area contributed by atoms with Crippen LogP contribution in [-0.4, -0.2) is 45.1 Å². The van der Waals surface area contributed by atoms with Crippen LogP contribution >= 0.6 is 0 Å². The number of hydrazine groups is 1. The minimum atomic E-state index is -0.519. The van der Waals surface area contributed by atoms with Gasteiger partial charge < -0.3 is 9.72 Å². The number of aromatic amines is 1. The largest absolute Gasteiger partial charge is 0.443 e. The van der Waals surface area contributed by atoms with E-state index in [4.69, 9.17) is 4.74 Å². The molecule has 2 heterocycles. The number of H-pyrrole nitrogens is 1. The highest BCUT2D eigenvalue weighted by Gasteiger charge is 2.32. The molecule has 7 nitrogen and oxygen atoms in total. The minimum Gasteiger partial charge on any atom is -0.443 e. The van der Waals surface area contributed by atoms with Crippen molar-refractivity contribution in [2.45, 2.75) is 13.0 Å². The summed E-state index contributed by atoms with van der Waals surface area (Å²) >= 11 is 0. The molecule has 0 atom stereocenters. The Morgan fingerprint density at radius 1 is 1.18 bits per heavy atom. The minimum absolute atomic E-state index is 0.183. The van der Waals surface area contributed by atoms with E-state index in [9.17, 15) is 9.59 Å². The molecule has 1 aromatic heterocycles. The molecular weight excluding hydrogens is 284 g/mol. The zero-order valence-electron chi connectivity index (χ0n) is 11.9. The van der Waals surface area contributed by atoms with Gasteiger partial charge in [0.1, 0.15) is 12.3 Å². The molecular formula is C15H16N4O3. The highest BCUT2D eigenvalue weighted by molar-refractivity contribution is 5.93. The van der Waals surface area contributed by atoms with E-state index < -0.39 is 6.09 Å². The van der Waals surface area contributed by atoms with E-state index in [1.165, 1.54) is 22.5 Å². The van der Waals surface area contributed by atoms with E-state index in [-0.39, 0.29) is 12.5 Å². The summed E-state index contributed by atoms with van der Waals surface area (Å²) in [6.45, 7) is 1.13. The third-order valence-corrected chi connectivity index (χ3v) is 3.41. The van der Waals surface area contributed by atoms with Gasteiger partial charge in [0.2, 0.25) is 0 Å². The Kier molecular flexibility index (Phi) is 4.04. The molecule has 2 amide bonds. The number of nitrogens with zero attached hydrogens (tertiary/aromatic N) is 3. The van der Waals surface area contributed by atoms with Crippen LogP contribution in [0.3, 0.4) is 0 Å². The molecule has 1 fully saturated rings. The Labute approximate surface area is 127 Å². The SMILES string of the molecule is O=C(OCc1ccccc1)N1CCCN1C(=O)c1cnc[nH]1. The van der Waals surface area contributed by atoms with Gasteiger partial charge in [-0.3, -0.25) is 4.79 Å². The fourth-order valence-electron chi connectivity index (χ4n) is 2.32. The van der Waals surface area contributed by atoms with E-state index in [2.05, 4.69) is 9.97 Å². The summed E-state index contributed by atoms with van der Waals surface area (Å²) in [6, 6.07) is 9.42. The summed E-state index contributed by atoms with van der Waals surface area (Å²) in [4.78, 5) is 31.1. The fraction of sp³-hybridized carbons (Fsp3) is 0.267. The summed E-state index contributed by atoms with van der Waals surface area (Å²) in [5.41, 5.74) is 1.25. The smallest absolute Gasteiger partial charge is 0.429 e. The van der Waals surface area contributed by atoms with Gasteiger partial charge in [-0.2, -0.15) is 0 Å². The highest BCUT2D eigenvalue weighted by atomic mass is 16.6. The van der Waals surface area contributed by atoms with E-state index in [1.807, 2.05) is 30.3 Å². The van der Waals surface area contributed by atoms with Crippen LogP contribution in [0.1, 0.15) is 22.5 Å². The molecule has 0 radical (unpaired) electrons. The van der Waals surface area contributed by atoms with Gasteiger partial charge in [0.15, 0.2) is 0 Å². The van der Waals surface area contributed by atoms with Crippen LogP contribution in [0.4, 0.5) is 4.79 Å². The molecule has 114 valence electrons.